The van der Waals surface area contributed by atoms with Crippen molar-refractivity contribution in [2.75, 3.05) is 12.4 Å². The summed E-state index contributed by atoms with van der Waals surface area (Å²) in [5.41, 5.74) is 1.95. The van der Waals surface area contributed by atoms with Crippen molar-refractivity contribution in [1.82, 2.24) is 0 Å². The van der Waals surface area contributed by atoms with Gasteiger partial charge in [0.2, 0.25) is 5.91 Å². The van der Waals surface area contributed by atoms with Crippen molar-refractivity contribution in [2.24, 2.45) is 0 Å². The van der Waals surface area contributed by atoms with Crippen LogP contribution < -0.4 is 5.32 Å². The monoisotopic (exact) mass is 353 g/mol. The molecule has 0 aliphatic rings. The Kier molecular flexibility index (Phi) is 5.11. The summed E-state index contributed by atoms with van der Waals surface area (Å²) >= 11 is 1.28. The van der Waals surface area contributed by atoms with Crippen molar-refractivity contribution in [3.63, 3.8) is 0 Å². The molecule has 1 N–H and O–H groups in total. The van der Waals surface area contributed by atoms with Crippen LogP contribution in [0, 0.1) is 0 Å². The largest absolute Gasteiger partial charge is 0.465 e. The van der Waals surface area contributed by atoms with Gasteiger partial charge in [-0.3, -0.25) is 4.79 Å². The zero-order valence-electron chi connectivity index (χ0n) is 13.4. The summed E-state index contributed by atoms with van der Waals surface area (Å²) < 4.78 is 10.0. The number of nitrogens with one attached hydrogen (secondary N) is 1. The molecule has 3 rings (SSSR count). The fourth-order valence-electron chi connectivity index (χ4n) is 2.28. The zero-order chi connectivity index (χ0) is 17.6. The molecule has 0 unspecified atom stereocenters. The molecule has 0 saturated heterocycles. The van der Waals surface area contributed by atoms with Crippen LogP contribution in [0.4, 0.5) is 5.00 Å². The van der Waals surface area contributed by atoms with Gasteiger partial charge in [0.15, 0.2) is 0 Å². The third-order valence-electron chi connectivity index (χ3n) is 3.44. The summed E-state index contributed by atoms with van der Waals surface area (Å²) in [6, 6.07) is 12.9. The normalized spacial score (nSPS) is 10.8. The van der Waals surface area contributed by atoms with Gasteiger partial charge in [0.05, 0.1) is 13.4 Å². The molecule has 1 aromatic carbocycles. The summed E-state index contributed by atoms with van der Waals surface area (Å²) in [5.74, 6) is -0.284. The minimum atomic E-state index is -0.495. The molecule has 0 bridgehead atoms. The van der Waals surface area contributed by atoms with Crippen molar-refractivity contribution in [2.45, 2.75) is 0 Å². The number of furan rings is 1. The number of carbonyl (C=O) groups excluding carboxylic acids is 2. The zero-order valence-corrected chi connectivity index (χ0v) is 14.2. The summed E-state index contributed by atoms with van der Waals surface area (Å²) in [4.78, 5) is 24.3. The van der Waals surface area contributed by atoms with Crippen LogP contribution in [0.5, 0.6) is 0 Å². The molecule has 3 aromatic rings. The van der Waals surface area contributed by atoms with Gasteiger partial charge in [-0.15, -0.1) is 11.3 Å². The van der Waals surface area contributed by atoms with Gasteiger partial charge in [0, 0.05) is 17.0 Å². The second-order valence-electron chi connectivity index (χ2n) is 5.05. The molecule has 126 valence electrons. The highest BCUT2D eigenvalue weighted by Gasteiger charge is 2.21. The van der Waals surface area contributed by atoms with Crippen molar-refractivity contribution in [1.29, 1.82) is 0 Å². The molecular formula is C19H15NO4S. The highest BCUT2D eigenvalue weighted by molar-refractivity contribution is 7.15. The lowest BCUT2D eigenvalue weighted by Crippen LogP contribution is -2.11. The van der Waals surface area contributed by atoms with E-state index in [9.17, 15) is 9.59 Å². The number of methoxy groups -OCH3 is 1. The van der Waals surface area contributed by atoms with Gasteiger partial charge in [-0.2, -0.15) is 0 Å². The van der Waals surface area contributed by atoms with Gasteiger partial charge >= 0.3 is 5.97 Å². The quantitative estimate of drug-likeness (QED) is 0.544. The molecule has 6 heteroatoms. The highest BCUT2D eigenvalue weighted by Crippen LogP contribution is 2.36. The Morgan fingerprint density at radius 2 is 1.96 bits per heavy atom. The smallest absolute Gasteiger partial charge is 0.341 e. The van der Waals surface area contributed by atoms with E-state index in [4.69, 9.17) is 9.15 Å². The molecule has 0 atom stereocenters. The maximum Gasteiger partial charge on any atom is 0.341 e. The van der Waals surface area contributed by atoms with E-state index in [0.29, 0.717) is 16.3 Å². The minimum absolute atomic E-state index is 0.346. The van der Waals surface area contributed by atoms with Gasteiger partial charge < -0.3 is 14.5 Å². The Hall–Kier alpha value is -3.12. The van der Waals surface area contributed by atoms with E-state index in [0.717, 1.165) is 11.1 Å². The Bertz CT molecular complexity index is 895. The Balaban J connectivity index is 1.87. The molecule has 2 heterocycles. The average Bonchev–Trinajstić information content (AvgIpc) is 3.30. The summed E-state index contributed by atoms with van der Waals surface area (Å²) in [6.45, 7) is 0. The maximum atomic E-state index is 12.2. The molecule has 5 nitrogen and oxygen atoms in total. The summed E-state index contributed by atoms with van der Waals surface area (Å²) in [6.07, 6.45) is 4.43. The molecule has 0 aliphatic heterocycles. The van der Waals surface area contributed by atoms with Gasteiger partial charge in [0.1, 0.15) is 16.3 Å². The predicted octanol–water partition coefficient (Wildman–Crippen LogP) is 4.45. The Morgan fingerprint density at radius 1 is 1.16 bits per heavy atom. The molecule has 0 spiro atoms. The van der Waals surface area contributed by atoms with E-state index in [2.05, 4.69) is 5.32 Å². The first-order valence-corrected chi connectivity index (χ1v) is 8.35. The Morgan fingerprint density at radius 3 is 2.64 bits per heavy atom. The van der Waals surface area contributed by atoms with Gasteiger partial charge in [0.25, 0.3) is 0 Å². The van der Waals surface area contributed by atoms with E-state index in [-0.39, 0.29) is 5.91 Å². The van der Waals surface area contributed by atoms with Crippen molar-refractivity contribution in [3.8, 4) is 11.1 Å². The number of rotatable bonds is 5. The van der Waals surface area contributed by atoms with Crippen LogP contribution in [-0.4, -0.2) is 19.0 Å². The van der Waals surface area contributed by atoms with Crippen molar-refractivity contribution < 1.29 is 18.7 Å². The van der Waals surface area contributed by atoms with E-state index in [1.54, 1.807) is 18.2 Å². The number of benzene rings is 1. The molecule has 2 aromatic heterocycles. The highest BCUT2D eigenvalue weighted by atomic mass is 32.1. The first-order chi connectivity index (χ1) is 12.2. The van der Waals surface area contributed by atoms with Crippen LogP contribution in [0.3, 0.4) is 0 Å². The molecule has 0 aliphatic carbocycles. The lowest BCUT2D eigenvalue weighted by Gasteiger charge is -2.06. The Labute approximate surface area is 148 Å². The average molecular weight is 353 g/mol. The van der Waals surface area contributed by atoms with E-state index < -0.39 is 5.97 Å². The van der Waals surface area contributed by atoms with E-state index in [1.165, 1.54) is 30.8 Å². The molecule has 1 amide bonds. The van der Waals surface area contributed by atoms with Gasteiger partial charge in [-0.05, 0) is 23.8 Å². The fraction of sp³-hybridized carbons (Fsp3) is 0.0526. The molecule has 0 radical (unpaired) electrons. The van der Waals surface area contributed by atoms with E-state index >= 15 is 0 Å². The van der Waals surface area contributed by atoms with Crippen molar-refractivity contribution in [3.05, 3.63) is 71.5 Å². The molecule has 25 heavy (non-hydrogen) atoms. The maximum absolute atomic E-state index is 12.2. The number of ether oxygens (including phenoxy) is 1. The molecular weight excluding hydrogens is 338 g/mol. The number of thiophene rings is 1. The summed E-state index contributed by atoms with van der Waals surface area (Å²) in [5, 5.41) is 5.00. The summed E-state index contributed by atoms with van der Waals surface area (Å²) in [7, 11) is 1.32. The lowest BCUT2D eigenvalue weighted by molar-refractivity contribution is -0.111. The van der Waals surface area contributed by atoms with Crippen LogP contribution in [-0.2, 0) is 9.53 Å². The topological polar surface area (TPSA) is 68.5 Å². The SMILES string of the molecule is COC(=O)c1c(-c2ccccc2)csc1NC(=O)C=Cc1ccco1. The number of carbonyl (C=O) groups is 2. The third kappa shape index (κ3) is 3.87. The van der Waals surface area contributed by atoms with Crippen LogP contribution in [0.15, 0.2) is 64.6 Å². The third-order valence-corrected chi connectivity index (χ3v) is 4.34. The molecule has 0 fully saturated rings. The van der Waals surface area contributed by atoms with E-state index in [1.807, 2.05) is 35.7 Å². The van der Waals surface area contributed by atoms with Gasteiger partial charge in [-0.25, -0.2) is 4.79 Å². The number of hydrogen-bond acceptors (Lipinski definition) is 5. The fourth-order valence-corrected chi connectivity index (χ4v) is 3.24. The van der Waals surface area contributed by atoms with Crippen LogP contribution in [0.25, 0.3) is 17.2 Å². The first kappa shape index (κ1) is 16.7. The first-order valence-electron chi connectivity index (χ1n) is 7.47. The van der Waals surface area contributed by atoms with Crippen LogP contribution in [0.1, 0.15) is 16.1 Å². The number of anilines is 1. The lowest BCUT2D eigenvalue weighted by atomic mass is 10.0. The number of amides is 1. The predicted molar refractivity (Wildman–Crippen MR) is 97.5 cm³/mol. The second kappa shape index (κ2) is 7.63. The number of esters is 1. The van der Waals surface area contributed by atoms with Crippen LogP contribution >= 0.6 is 11.3 Å². The number of hydrogen-bond donors (Lipinski definition) is 1. The minimum Gasteiger partial charge on any atom is -0.465 e. The van der Waals surface area contributed by atoms with Gasteiger partial charge in [-0.1, -0.05) is 30.3 Å². The van der Waals surface area contributed by atoms with Crippen molar-refractivity contribution >= 4 is 34.3 Å². The van der Waals surface area contributed by atoms with Crippen LogP contribution in [0.2, 0.25) is 0 Å². The standard InChI is InChI=1S/C19H15NO4S/c1-23-19(22)17-15(13-6-3-2-4-7-13)12-25-18(17)20-16(21)10-9-14-8-5-11-24-14/h2-12H,1H3,(H,20,21). The molecule has 0 saturated carbocycles. The second-order valence-corrected chi connectivity index (χ2v) is 5.93.